The standard InChI is InChI=1S/C19H28N4OS3/c1-15(2)13-26-18-20-23(19(25)27-18)14-21(3)12-16-4-6-17(7-5-16)22-8-10-24-11-9-22/h4-7,15H,8-14H2,1-3H3. The van der Waals surface area contributed by atoms with Gasteiger partial charge < -0.3 is 9.64 Å². The minimum absolute atomic E-state index is 0.657. The van der Waals surface area contributed by atoms with Crippen molar-refractivity contribution in [1.82, 2.24) is 14.7 Å². The first-order valence-electron chi connectivity index (χ1n) is 9.32. The van der Waals surface area contributed by atoms with Crippen molar-refractivity contribution in [2.24, 2.45) is 5.92 Å². The van der Waals surface area contributed by atoms with Crippen LogP contribution in [0.1, 0.15) is 19.4 Å². The molecule has 1 aliphatic rings. The van der Waals surface area contributed by atoms with Gasteiger partial charge in [-0.2, -0.15) is 5.10 Å². The minimum Gasteiger partial charge on any atom is -0.378 e. The summed E-state index contributed by atoms with van der Waals surface area (Å²) in [5.41, 5.74) is 2.57. The SMILES string of the molecule is CC(C)CSc1nn(CN(C)Cc2ccc(N3CCOCC3)cc2)c(=S)s1. The fourth-order valence-corrected chi connectivity index (χ4v) is 5.19. The van der Waals surface area contributed by atoms with E-state index >= 15 is 0 Å². The molecule has 0 radical (unpaired) electrons. The number of nitrogens with zero attached hydrogens (tertiary/aromatic N) is 4. The maximum atomic E-state index is 5.49. The van der Waals surface area contributed by atoms with Gasteiger partial charge in [0.25, 0.3) is 0 Å². The van der Waals surface area contributed by atoms with Crippen molar-refractivity contribution in [2.75, 3.05) is 44.0 Å². The molecule has 0 unspecified atom stereocenters. The maximum Gasteiger partial charge on any atom is 0.181 e. The predicted molar refractivity (Wildman–Crippen MR) is 117 cm³/mol. The second-order valence-electron chi connectivity index (χ2n) is 7.26. The van der Waals surface area contributed by atoms with Crippen molar-refractivity contribution in [3.63, 3.8) is 0 Å². The Morgan fingerprint density at radius 2 is 1.96 bits per heavy atom. The van der Waals surface area contributed by atoms with E-state index in [-0.39, 0.29) is 0 Å². The Balaban J connectivity index is 1.54. The molecule has 0 spiro atoms. The van der Waals surface area contributed by atoms with Crippen molar-refractivity contribution in [3.05, 3.63) is 33.8 Å². The molecule has 0 bridgehead atoms. The highest BCUT2D eigenvalue weighted by atomic mass is 32.2. The molecule has 2 aromatic rings. The van der Waals surface area contributed by atoms with Crippen molar-refractivity contribution in [1.29, 1.82) is 0 Å². The second kappa shape index (κ2) is 10.0. The van der Waals surface area contributed by atoms with Gasteiger partial charge in [0.1, 0.15) is 0 Å². The van der Waals surface area contributed by atoms with E-state index in [4.69, 9.17) is 17.0 Å². The summed E-state index contributed by atoms with van der Waals surface area (Å²) < 4.78 is 9.27. The third-order valence-corrected chi connectivity index (χ3v) is 7.14. The normalized spacial score (nSPS) is 15.1. The van der Waals surface area contributed by atoms with E-state index in [1.54, 1.807) is 23.1 Å². The fraction of sp³-hybridized carbons (Fsp3) is 0.579. The van der Waals surface area contributed by atoms with E-state index in [1.807, 2.05) is 4.68 Å². The number of hydrogen-bond donors (Lipinski definition) is 0. The van der Waals surface area contributed by atoms with E-state index in [2.05, 4.69) is 60.1 Å². The average Bonchev–Trinajstić information content (AvgIpc) is 3.01. The Kier molecular flexibility index (Phi) is 7.72. The molecule has 0 saturated carbocycles. The maximum absolute atomic E-state index is 5.49. The van der Waals surface area contributed by atoms with E-state index in [1.165, 1.54) is 11.3 Å². The predicted octanol–water partition coefficient (Wildman–Crippen LogP) is 4.35. The van der Waals surface area contributed by atoms with Crippen LogP contribution in [0.3, 0.4) is 0 Å². The monoisotopic (exact) mass is 424 g/mol. The molecule has 8 heteroatoms. The third-order valence-electron chi connectivity index (χ3n) is 4.27. The molecule has 27 heavy (non-hydrogen) atoms. The largest absolute Gasteiger partial charge is 0.378 e. The highest BCUT2D eigenvalue weighted by molar-refractivity contribution is 8.01. The van der Waals surface area contributed by atoms with Gasteiger partial charge >= 0.3 is 0 Å². The van der Waals surface area contributed by atoms with E-state index in [0.29, 0.717) is 12.6 Å². The zero-order valence-corrected chi connectivity index (χ0v) is 18.7. The van der Waals surface area contributed by atoms with E-state index in [9.17, 15) is 0 Å². The number of anilines is 1. The second-order valence-corrected chi connectivity index (χ2v) is 10.1. The molecule has 5 nitrogen and oxygen atoms in total. The fourth-order valence-electron chi connectivity index (χ4n) is 2.90. The molecule has 1 saturated heterocycles. The zero-order chi connectivity index (χ0) is 19.2. The van der Waals surface area contributed by atoms with Crippen LogP contribution in [0.25, 0.3) is 0 Å². The zero-order valence-electron chi connectivity index (χ0n) is 16.3. The lowest BCUT2D eigenvalue weighted by atomic mass is 10.2. The summed E-state index contributed by atoms with van der Waals surface area (Å²) in [6.07, 6.45) is 0. The molecule has 3 rings (SSSR count). The Labute approximate surface area is 175 Å². The summed E-state index contributed by atoms with van der Waals surface area (Å²) in [6, 6.07) is 8.85. The first kappa shape index (κ1) is 20.8. The summed E-state index contributed by atoms with van der Waals surface area (Å²) in [6.45, 7) is 9.60. The average molecular weight is 425 g/mol. The number of thioether (sulfide) groups is 1. The van der Waals surface area contributed by atoms with Crippen LogP contribution in [0.5, 0.6) is 0 Å². The highest BCUT2D eigenvalue weighted by Crippen LogP contribution is 2.24. The molecule has 0 aliphatic carbocycles. The summed E-state index contributed by atoms with van der Waals surface area (Å²) in [7, 11) is 2.11. The molecule has 0 atom stereocenters. The van der Waals surface area contributed by atoms with Crippen LogP contribution in [0.4, 0.5) is 5.69 Å². The summed E-state index contributed by atoms with van der Waals surface area (Å²) in [4.78, 5) is 4.62. The minimum atomic E-state index is 0.657. The molecular weight excluding hydrogens is 396 g/mol. The molecule has 1 aromatic heterocycles. The Morgan fingerprint density at radius 1 is 1.26 bits per heavy atom. The Hall–Kier alpha value is -0.930. The molecule has 148 valence electrons. The van der Waals surface area contributed by atoms with Crippen molar-refractivity contribution < 1.29 is 4.74 Å². The summed E-state index contributed by atoms with van der Waals surface area (Å²) in [5.74, 6) is 1.73. The lowest BCUT2D eigenvalue weighted by Crippen LogP contribution is -2.36. The Morgan fingerprint density at radius 3 is 2.63 bits per heavy atom. The Bertz CT molecular complexity index is 766. The van der Waals surface area contributed by atoms with Crippen LogP contribution in [-0.2, 0) is 18.0 Å². The van der Waals surface area contributed by atoms with E-state index in [0.717, 1.165) is 46.9 Å². The number of hydrogen-bond acceptors (Lipinski definition) is 7. The molecule has 1 aromatic carbocycles. The molecule has 0 N–H and O–H groups in total. The highest BCUT2D eigenvalue weighted by Gasteiger charge is 2.12. The van der Waals surface area contributed by atoms with Gasteiger partial charge in [0.05, 0.1) is 19.9 Å². The quantitative estimate of drug-likeness (QED) is 0.463. The van der Waals surface area contributed by atoms with Gasteiger partial charge in [-0.3, -0.25) is 4.90 Å². The van der Waals surface area contributed by atoms with Crippen LogP contribution in [0, 0.1) is 9.87 Å². The van der Waals surface area contributed by atoms with Crippen LogP contribution in [0.15, 0.2) is 28.6 Å². The van der Waals surface area contributed by atoms with Crippen LogP contribution in [-0.4, -0.2) is 53.8 Å². The number of morpholine rings is 1. The van der Waals surface area contributed by atoms with Gasteiger partial charge in [-0.25, -0.2) is 4.68 Å². The lowest BCUT2D eigenvalue weighted by molar-refractivity contribution is 0.122. The molecule has 2 heterocycles. The topological polar surface area (TPSA) is 33.5 Å². The lowest BCUT2D eigenvalue weighted by Gasteiger charge is -2.29. The molecule has 1 aliphatic heterocycles. The third kappa shape index (κ3) is 6.29. The number of rotatable bonds is 8. The van der Waals surface area contributed by atoms with Crippen LogP contribution < -0.4 is 4.90 Å². The smallest absolute Gasteiger partial charge is 0.181 e. The first-order valence-corrected chi connectivity index (χ1v) is 11.5. The van der Waals surface area contributed by atoms with Gasteiger partial charge in [0, 0.05) is 31.1 Å². The van der Waals surface area contributed by atoms with E-state index < -0.39 is 0 Å². The molecule has 1 fully saturated rings. The van der Waals surface area contributed by atoms with Crippen LogP contribution in [0.2, 0.25) is 0 Å². The van der Waals surface area contributed by atoms with Gasteiger partial charge in [0.15, 0.2) is 8.29 Å². The van der Waals surface area contributed by atoms with Crippen molar-refractivity contribution in [2.45, 2.75) is 31.4 Å². The summed E-state index contributed by atoms with van der Waals surface area (Å²) in [5, 5.41) is 4.67. The van der Waals surface area contributed by atoms with Gasteiger partial charge in [0.2, 0.25) is 0 Å². The van der Waals surface area contributed by atoms with Gasteiger partial charge in [-0.1, -0.05) is 49.1 Å². The van der Waals surface area contributed by atoms with Gasteiger partial charge in [-0.15, -0.1) is 0 Å². The van der Waals surface area contributed by atoms with Crippen LogP contribution >= 0.6 is 35.3 Å². The summed E-state index contributed by atoms with van der Waals surface area (Å²) >= 11 is 8.90. The van der Waals surface area contributed by atoms with Crippen molar-refractivity contribution >= 4 is 41.0 Å². The number of aromatic nitrogens is 2. The molecular formula is C19H28N4OS3. The number of ether oxygens (including phenoxy) is 1. The van der Waals surface area contributed by atoms with Crippen molar-refractivity contribution in [3.8, 4) is 0 Å². The first-order chi connectivity index (χ1) is 13.0. The molecule has 0 amide bonds. The number of benzene rings is 1. The van der Waals surface area contributed by atoms with Gasteiger partial charge in [-0.05, 0) is 42.9 Å².